The van der Waals surface area contributed by atoms with E-state index in [9.17, 15) is 0 Å². The first-order valence-corrected chi connectivity index (χ1v) is 33.4. The Morgan fingerprint density at radius 2 is 0.573 bits per heavy atom. The minimum absolute atomic E-state index is 0.0425. The van der Waals surface area contributed by atoms with Crippen LogP contribution in [0.3, 0.4) is 0 Å². The van der Waals surface area contributed by atoms with Gasteiger partial charge in [0.05, 0.1) is 13.3 Å². The number of rotatable bonds is 21. The van der Waals surface area contributed by atoms with Gasteiger partial charge in [-0.1, -0.05) is 0 Å². The van der Waals surface area contributed by atoms with Gasteiger partial charge in [-0.25, -0.2) is 0 Å². The SMILES string of the molecule is Cc1nc(N(CNc2nc(N(C)C3CC(C)(C)NC(C)(C)C3)nc(N(C)C3CC(C)(C)NC(C)(C)C3)n2)CN(C)CCCNc2nc(N(C)C3CC(C)(C)NC(C)(C)C3)nc(N(C)C3CC(C)(C)NC(C)(C)C3)n2)nc(N(C)C2CC(C)(C)NC(C)(C)C2)n1. The van der Waals surface area contributed by atoms with Gasteiger partial charge in [-0.15, -0.1) is 0 Å². The average Bonchev–Trinajstić information content (AvgIpc) is 1.16. The van der Waals surface area contributed by atoms with Crippen molar-refractivity contribution in [1.29, 1.82) is 0 Å². The van der Waals surface area contributed by atoms with E-state index >= 15 is 0 Å². The van der Waals surface area contributed by atoms with Crippen LogP contribution in [0, 0.1) is 6.92 Å². The third kappa shape index (κ3) is 18.7. The van der Waals surface area contributed by atoms with Crippen LogP contribution in [0.25, 0.3) is 0 Å². The molecule has 0 radical (unpaired) electrons. The molecule has 0 bridgehead atoms. The Labute approximate surface area is 537 Å². The van der Waals surface area contributed by atoms with E-state index in [0.29, 0.717) is 73.3 Å². The second kappa shape index (κ2) is 25.2. The lowest BCUT2D eigenvalue weighted by atomic mass is 9.79. The van der Waals surface area contributed by atoms with Crippen molar-refractivity contribution in [3.8, 4) is 0 Å². The van der Waals surface area contributed by atoms with Gasteiger partial charge >= 0.3 is 0 Å². The van der Waals surface area contributed by atoms with Crippen molar-refractivity contribution in [3.05, 3.63) is 5.82 Å². The molecule has 5 aliphatic heterocycles. The Kier molecular flexibility index (Phi) is 19.9. The van der Waals surface area contributed by atoms with Crippen LogP contribution in [0.2, 0.25) is 0 Å². The molecule has 0 spiro atoms. The highest BCUT2D eigenvalue weighted by Gasteiger charge is 2.45. The van der Waals surface area contributed by atoms with Gasteiger partial charge in [-0.05, 0) is 223 Å². The summed E-state index contributed by atoms with van der Waals surface area (Å²) in [5.41, 5.74) is -0.581. The van der Waals surface area contributed by atoms with E-state index in [1.165, 1.54) is 0 Å². The zero-order valence-electron chi connectivity index (χ0n) is 60.6. The van der Waals surface area contributed by atoms with E-state index < -0.39 is 0 Å². The maximum atomic E-state index is 5.33. The molecule has 0 aliphatic carbocycles. The van der Waals surface area contributed by atoms with Crippen molar-refractivity contribution >= 4 is 47.6 Å². The molecular formula is C66H123N23. The number of piperidine rings is 5. The summed E-state index contributed by atoms with van der Waals surface area (Å²) in [6.07, 6.45) is 10.4. The minimum Gasteiger partial charge on any atom is -0.354 e. The van der Waals surface area contributed by atoms with Gasteiger partial charge in [0.1, 0.15) is 5.82 Å². The van der Waals surface area contributed by atoms with Crippen LogP contribution in [0.5, 0.6) is 0 Å². The van der Waals surface area contributed by atoms with E-state index in [2.05, 4.69) is 252 Å². The van der Waals surface area contributed by atoms with Gasteiger partial charge < -0.3 is 66.6 Å². The Bertz CT molecular complexity index is 2690. The van der Waals surface area contributed by atoms with Crippen molar-refractivity contribution in [2.75, 3.05) is 109 Å². The molecule has 8 heterocycles. The molecule has 3 aromatic heterocycles. The number of hydrogen-bond acceptors (Lipinski definition) is 23. The molecule has 502 valence electrons. The molecule has 89 heavy (non-hydrogen) atoms. The van der Waals surface area contributed by atoms with E-state index in [1.54, 1.807) is 0 Å². The van der Waals surface area contributed by atoms with Gasteiger partial charge in [-0.2, -0.15) is 44.9 Å². The van der Waals surface area contributed by atoms with Crippen LogP contribution in [0.4, 0.5) is 47.6 Å². The highest BCUT2D eigenvalue weighted by atomic mass is 15.4. The molecule has 5 aliphatic rings. The Hall–Kier alpha value is -4.81. The maximum absolute atomic E-state index is 5.33. The van der Waals surface area contributed by atoms with Crippen molar-refractivity contribution in [2.45, 2.75) is 302 Å². The monoisotopic (exact) mass is 1240 g/mol. The minimum atomic E-state index is -0.0722. The summed E-state index contributed by atoms with van der Waals surface area (Å²) in [6.45, 7) is 50.1. The number of nitrogens with zero attached hydrogens (tertiary/aromatic N) is 16. The molecule has 23 heteroatoms. The highest BCUT2D eigenvalue weighted by molar-refractivity contribution is 5.49. The van der Waals surface area contributed by atoms with Crippen LogP contribution >= 0.6 is 0 Å². The molecule has 0 aromatic carbocycles. The van der Waals surface area contributed by atoms with Gasteiger partial charge in [0, 0.05) is 134 Å². The van der Waals surface area contributed by atoms with Crippen LogP contribution in [0.15, 0.2) is 0 Å². The molecule has 5 saturated heterocycles. The number of hydrogen-bond donors (Lipinski definition) is 7. The normalized spacial score (nSPS) is 23.8. The second-order valence-corrected chi connectivity index (χ2v) is 34.7. The van der Waals surface area contributed by atoms with Crippen LogP contribution in [0.1, 0.15) is 215 Å². The lowest BCUT2D eigenvalue weighted by Crippen LogP contribution is -2.62. The highest BCUT2D eigenvalue weighted by Crippen LogP contribution is 2.39. The number of nitrogens with one attached hydrogen (secondary N) is 7. The maximum Gasteiger partial charge on any atom is 0.232 e. The lowest BCUT2D eigenvalue weighted by Gasteiger charge is -2.49. The van der Waals surface area contributed by atoms with E-state index in [-0.39, 0.29) is 85.6 Å². The molecule has 5 fully saturated rings. The molecular weight excluding hydrogens is 1110 g/mol. The Balaban J connectivity index is 1.08. The first-order valence-electron chi connectivity index (χ1n) is 33.4. The zero-order chi connectivity index (χ0) is 66.0. The van der Waals surface area contributed by atoms with Crippen molar-refractivity contribution in [1.82, 2.24) is 76.3 Å². The number of aryl methyl sites for hydroxylation is 1. The molecule has 7 N–H and O–H groups in total. The quantitative estimate of drug-likeness (QED) is 0.0392. The van der Waals surface area contributed by atoms with Crippen molar-refractivity contribution in [3.63, 3.8) is 0 Å². The third-order valence-electron chi connectivity index (χ3n) is 19.2. The van der Waals surface area contributed by atoms with E-state index in [1.807, 2.05) is 6.92 Å². The Morgan fingerprint density at radius 3 is 0.854 bits per heavy atom. The van der Waals surface area contributed by atoms with E-state index in [4.69, 9.17) is 44.9 Å². The molecule has 23 nitrogen and oxygen atoms in total. The summed E-state index contributed by atoms with van der Waals surface area (Å²) in [6, 6.07) is 1.08. The summed E-state index contributed by atoms with van der Waals surface area (Å²) in [5.74, 6) is 5.64. The topological polar surface area (TPSA) is 223 Å². The Morgan fingerprint density at radius 1 is 0.337 bits per heavy atom. The standard InChI is InChI=1S/C66H123N23/c1-43-69-51(84(23)44-31-57(2,3)78-58(4,5)32-44)77-56(70-43)89(41-68-50-73-54(87(26)47-37-63(14,15)81-64(16,17)38-47)76-55(74-50)88(27)48-39-65(18,19)82-66(20,21)40-48)42-83(22)30-28-29-67-49-71-52(85(24)45-33-59(6,7)79-60(8,9)34-45)75-53(72-49)86(25)46-35-61(10,11)80-62(12,13)36-46/h44-48,78-82H,28-42H2,1-27H3,(H,67,71,72,75)(H,68,73,74,76). The fraction of sp³-hybridized carbons (Fsp3) is 0.864. The molecule has 0 amide bonds. The summed E-state index contributed by atoms with van der Waals surface area (Å²) in [7, 11) is 12.9. The van der Waals surface area contributed by atoms with Gasteiger partial charge in [0.2, 0.25) is 47.6 Å². The predicted molar refractivity (Wildman–Crippen MR) is 369 cm³/mol. The molecule has 8 rings (SSSR count). The first-order chi connectivity index (χ1) is 40.7. The van der Waals surface area contributed by atoms with Gasteiger partial charge in [-0.3, -0.25) is 4.90 Å². The van der Waals surface area contributed by atoms with Gasteiger partial charge in [0.25, 0.3) is 0 Å². The number of anilines is 8. The smallest absolute Gasteiger partial charge is 0.232 e. The molecule has 0 saturated carbocycles. The largest absolute Gasteiger partial charge is 0.354 e. The molecule has 0 unspecified atom stereocenters. The first kappa shape index (κ1) is 70.1. The molecule has 0 atom stereocenters. The van der Waals surface area contributed by atoms with Crippen LogP contribution < -0.4 is 66.6 Å². The van der Waals surface area contributed by atoms with E-state index in [0.717, 1.165) is 77.2 Å². The molecule has 3 aromatic rings. The van der Waals surface area contributed by atoms with Crippen molar-refractivity contribution in [2.24, 2.45) is 0 Å². The van der Waals surface area contributed by atoms with Crippen LogP contribution in [-0.4, -0.2) is 204 Å². The summed E-state index contributed by atoms with van der Waals surface area (Å²) >= 11 is 0. The fourth-order valence-corrected chi connectivity index (χ4v) is 17.0. The lowest BCUT2D eigenvalue weighted by molar-refractivity contribution is 0.159. The second-order valence-electron chi connectivity index (χ2n) is 34.7. The number of aromatic nitrogens is 9. The summed E-state index contributed by atoms with van der Waals surface area (Å²) in [4.78, 5) is 62.9. The zero-order valence-corrected chi connectivity index (χ0v) is 60.6. The van der Waals surface area contributed by atoms with Crippen LogP contribution in [-0.2, 0) is 0 Å². The summed E-state index contributed by atoms with van der Waals surface area (Å²) in [5, 5.41) is 26.8. The predicted octanol–water partition coefficient (Wildman–Crippen LogP) is 8.54. The third-order valence-corrected chi connectivity index (χ3v) is 19.2. The summed E-state index contributed by atoms with van der Waals surface area (Å²) < 4.78 is 0. The fourth-order valence-electron chi connectivity index (χ4n) is 17.0. The average molecular weight is 1240 g/mol. The van der Waals surface area contributed by atoms with Gasteiger partial charge in [0.15, 0.2) is 0 Å². The van der Waals surface area contributed by atoms with Crippen molar-refractivity contribution < 1.29 is 0 Å².